The molecule has 0 aliphatic rings. The lowest BCUT2D eigenvalue weighted by atomic mass is 10.1. The Bertz CT molecular complexity index is 929. The van der Waals surface area contributed by atoms with E-state index in [9.17, 15) is 0 Å². The van der Waals surface area contributed by atoms with Crippen LogP contribution in [0.15, 0.2) is 36.5 Å². The van der Waals surface area contributed by atoms with Crippen molar-refractivity contribution in [2.24, 2.45) is 0 Å². The summed E-state index contributed by atoms with van der Waals surface area (Å²) < 4.78 is 0. The Labute approximate surface area is 216 Å². The van der Waals surface area contributed by atoms with Crippen LogP contribution < -0.4 is 10.6 Å². The lowest BCUT2D eigenvalue weighted by molar-refractivity contribution is -0.159. The van der Waals surface area contributed by atoms with Crippen LogP contribution in [0.5, 0.6) is 0 Å². The van der Waals surface area contributed by atoms with Crippen molar-refractivity contribution < 1.29 is 39.6 Å². The maximum atomic E-state index is 9.10. The number of nitrogens with zero attached hydrogens (tertiary/aromatic N) is 2. The van der Waals surface area contributed by atoms with Gasteiger partial charge in [-0.15, -0.1) is 0 Å². The maximum absolute atomic E-state index is 9.10. The van der Waals surface area contributed by atoms with Crippen LogP contribution in [0, 0.1) is 0 Å². The normalized spacial score (nSPS) is 10.9. The number of anilines is 1. The average molecular weight is 523 g/mol. The summed E-state index contributed by atoms with van der Waals surface area (Å²) in [7, 11) is 0. The highest BCUT2D eigenvalue weighted by Crippen LogP contribution is 2.20. The number of para-hydroxylation sites is 1. The second-order valence-corrected chi connectivity index (χ2v) is 7.91. The highest BCUT2D eigenvalue weighted by molar-refractivity contribution is 6.27. The molecule has 0 amide bonds. The monoisotopic (exact) mass is 522 g/mol. The molecule has 37 heavy (non-hydrogen) atoms. The Morgan fingerprint density at radius 2 is 1.43 bits per heavy atom. The lowest BCUT2D eigenvalue weighted by Gasteiger charge is -2.19. The van der Waals surface area contributed by atoms with Gasteiger partial charge >= 0.3 is 23.9 Å². The summed E-state index contributed by atoms with van der Waals surface area (Å²) in [6.07, 6.45) is 5.49. The summed E-state index contributed by atoms with van der Waals surface area (Å²) in [6, 6.07) is 11.0. The number of hydrogen-bond acceptors (Lipinski definition) is 8. The summed E-state index contributed by atoms with van der Waals surface area (Å²) >= 11 is 0. The van der Waals surface area contributed by atoms with Gasteiger partial charge in [0.2, 0.25) is 0 Å². The molecule has 1 atom stereocenters. The second-order valence-electron chi connectivity index (χ2n) is 7.91. The highest BCUT2D eigenvalue weighted by Gasteiger charge is 2.05. The molecular formula is C25H38N4O8. The van der Waals surface area contributed by atoms with Gasteiger partial charge in [-0.05, 0) is 64.5 Å². The molecule has 2 aromatic rings. The smallest absolute Gasteiger partial charge is 0.414 e. The number of carboxylic acid groups (broad SMARTS) is 4. The summed E-state index contributed by atoms with van der Waals surface area (Å²) in [5.74, 6) is -7.30. The van der Waals surface area contributed by atoms with Gasteiger partial charge in [0.1, 0.15) is 0 Å². The molecule has 0 aliphatic carbocycles. The number of hydrogen-bond donors (Lipinski definition) is 6. The van der Waals surface area contributed by atoms with Crippen LogP contribution >= 0.6 is 0 Å². The van der Waals surface area contributed by atoms with Crippen molar-refractivity contribution in [2.75, 3.05) is 38.0 Å². The third-order valence-electron chi connectivity index (χ3n) is 5.17. The molecule has 0 bridgehead atoms. The van der Waals surface area contributed by atoms with E-state index in [4.69, 9.17) is 39.6 Å². The number of carboxylic acids is 4. The van der Waals surface area contributed by atoms with Crippen LogP contribution in [0.3, 0.4) is 0 Å². The predicted octanol–water partition coefficient (Wildman–Crippen LogP) is 2.45. The number of pyridine rings is 1. The number of rotatable bonds is 12. The van der Waals surface area contributed by atoms with Crippen molar-refractivity contribution in [1.82, 2.24) is 15.2 Å². The lowest BCUT2D eigenvalue weighted by Crippen LogP contribution is -2.30. The minimum absolute atomic E-state index is 0.592. The van der Waals surface area contributed by atoms with Gasteiger partial charge in [-0.25, -0.2) is 19.2 Å². The van der Waals surface area contributed by atoms with Crippen LogP contribution in [-0.2, 0) is 19.2 Å². The van der Waals surface area contributed by atoms with E-state index in [2.05, 4.69) is 65.6 Å². The molecule has 12 nitrogen and oxygen atoms in total. The van der Waals surface area contributed by atoms with Crippen molar-refractivity contribution in [3.05, 3.63) is 36.5 Å². The van der Waals surface area contributed by atoms with Crippen molar-refractivity contribution >= 4 is 40.5 Å². The molecule has 1 aromatic heterocycles. The zero-order valence-corrected chi connectivity index (χ0v) is 21.5. The largest absolute Gasteiger partial charge is 0.473 e. The van der Waals surface area contributed by atoms with Crippen LogP contribution in [0.4, 0.5) is 5.69 Å². The number of nitrogens with one attached hydrogen (secondary N) is 2. The third kappa shape index (κ3) is 15.8. The van der Waals surface area contributed by atoms with E-state index in [1.54, 1.807) is 0 Å². The van der Waals surface area contributed by atoms with E-state index in [0.717, 1.165) is 43.8 Å². The highest BCUT2D eigenvalue weighted by atomic mass is 16.4. The van der Waals surface area contributed by atoms with E-state index >= 15 is 0 Å². The van der Waals surface area contributed by atoms with Crippen molar-refractivity contribution in [1.29, 1.82) is 0 Å². The van der Waals surface area contributed by atoms with E-state index in [0.29, 0.717) is 6.04 Å². The SMILES string of the molecule is CCN(CC)CCCC(C)NCCCNc1cccc2cccnc12.O=C(O)C(=O)O.O=C(O)C(=O)O. The second kappa shape index (κ2) is 19.4. The quantitative estimate of drug-likeness (QED) is 0.177. The predicted molar refractivity (Wildman–Crippen MR) is 140 cm³/mol. The molecule has 12 heteroatoms. The zero-order valence-electron chi connectivity index (χ0n) is 21.5. The van der Waals surface area contributed by atoms with E-state index < -0.39 is 23.9 Å². The van der Waals surface area contributed by atoms with Gasteiger partial charge in [-0.2, -0.15) is 0 Å². The first-order valence-corrected chi connectivity index (χ1v) is 12.0. The molecule has 2 rings (SSSR count). The van der Waals surface area contributed by atoms with Crippen LogP contribution in [0.1, 0.15) is 40.0 Å². The summed E-state index contributed by atoms with van der Waals surface area (Å²) in [6.45, 7) is 12.3. The Hall–Kier alpha value is -3.77. The van der Waals surface area contributed by atoms with E-state index in [1.807, 2.05) is 12.3 Å². The van der Waals surface area contributed by atoms with Crippen molar-refractivity contribution in [2.45, 2.75) is 46.1 Å². The standard InChI is InChI=1S/C21H34N4.2C2H2O4/c1-4-25(5-2)17-8-10-18(3)22-15-9-16-23-20-13-6-11-19-12-7-14-24-21(19)20;2*3-1(4)2(5)6/h6-7,11-14,18,22-23H,4-5,8-10,15-17H2,1-3H3;2*(H,3,4)(H,5,6). The summed E-state index contributed by atoms with van der Waals surface area (Å²) in [5, 5.41) is 37.9. The van der Waals surface area contributed by atoms with Crippen LogP contribution in [-0.4, -0.2) is 93.0 Å². The summed E-state index contributed by atoms with van der Waals surface area (Å²) in [5.41, 5.74) is 2.19. The average Bonchev–Trinajstić information content (AvgIpc) is 2.87. The molecular weight excluding hydrogens is 484 g/mol. The summed E-state index contributed by atoms with van der Waals surface area (Å²) in [4.78, 5) is 43.4. The first-order chi connectivity index (χ1) is 17.5. The third-order valence-corrected chi connectivity index (χ3v) is 5.17. The van der Waals surface area contributed by atoms with Gasteiger partial charge in [-0.1, -0.05) is 32.0 Å². The van der Waals surface area contributed by atoms with Gasteiger partial charge in [0, 0.05) is 24.2 Å². The zero-order chi connectivity index (χ0) is 28.2. The Balaban J connectivity index is 0.000000896. The van der Waals surface area contributed by atoms with E-state index in [-0.39, 0.29) is 0 Å². The first kappa shape index (κ1) is 33.2. The molecule has 0 fully saturated rings. The molecule has 1 unspecified atom stereocenters. The van der Waals surface area contributed by atoms with Gasteiger partial charge in [0.15, 0.2) is 0 Å². The number of aliphatic carboxylic acids is 4. The fourth-order valence-corrected chi connectivity index (χ4v) is 3.17. The van der Waals surface area contributed by atoms with E-state index in [1.165, 1.54) is 24.8 Å². The first-order valence-electron chi connectivity index (χ1n) is 12.0. The molecule has 0 saturated heterocycles. The fourth-order valence-electron chi connectivity index (χ4n) is 3.17. The number of aromatic nitrogens is 1. The maximum Gasteiger partial charge on any atom is 0.414 e. The molecule has 206 valence electrons. The molecule has 0 radical (unpaired) electrons. The molecule has 0 spiro atoms. The van der Waals surface area contributed by atoms with Gasteiger partial charge < -0.3 is 36.0 Å². The van der Waals surface area contributed by atoms with Gasteiger partial charge in [0.05, 0.1) is 11.2 Å². The molecule has 0 saturated carbocycles. The Morgan fingerprint density at radius 1 is 0.865 bits per heavy atom. The molecule has 6 N–H and O–H groups in total. The number of benzene rings is 1. The molecule has 1 heterocycles. The molecule has 0 aliphatic heterocycles. The molecule has 1 aromatic carbocycles. The number of carbonyl (C=O) groups is 4. The minimum Gasteiger partial charge on any atom is -0.473 e. The van der Waals surface area contributed by atoms with Gasteiger partial charge in [-0.3, -0.25) is 4.98 Å². The van der Waals surface area contributed by atoms with Crippen molar-refractivity contribution in [3.63, 3.8) is 0 Å². The Kier molecular flexibility index (Phi) is 17.4. The minimum atomic E-state index is -1.82. The fraction of sp³-hybridized carbons (Fsp3) is 0.480. The number of fused-ring (bicyclic) bond motifs is 1. The van der Waals surface area contributed by atoms with Crippen molar-refractivity contribution in [3.8, 4) is 0 Å². The topological polar surface area (TPSA) is 189 Å². The van der Waals surface area contributed by atoms with Crippen LogP contribution in [0.25, 0.3) is 10.9 Å². The van der Waals surface area contributed by atoms with Gasteiger partial charge in [0.25, 0.3) is 0 Å². The van der Waals surface area contributed by atoms with Crippen LogP contribution in [0.2, 0.25) is 0 Å². The Morgan fingerprint density at radius 3 is 1.97 bits per heavy atom.